The fraction of sp³-hybridized carbons (Fsp3) is 0.125. The monoisotopic (exact) mass is 372 g/mol. The third-order valence-electron chi connectivity index (χ3n) is 4.90. The number of aryl methyl sites for hydroxylation is 1. The van der Waals surface area contributed by atoms with Crippen molar-refractivity contribution in [3.05, 3.63) is 114 Å². The number of hydrogen-bond donors (Lipinski definition) is 0. The first-order chi connectivity index (χ1) is 13.3. The van der Waals surface area contributed by atoms with Gasteiger partial charge in [0.15, 0.2) is 0 Å². The third kappa shape index (κ3) is 3.86. The van der Waals surface area contributed by atoms with E-state index in [1.807, 2.05) is 6.92 Å². The van der Waals surface area contributed by atoms with Gasteiger partial charge in [-0.05, 0) is 36.8 Å². The molecular formula is C24H23NOP+. The largest absolute Gasteiger partial charge is 0.361 e. The zero-order valence-electron chi connectivity index (χ0n) is 15.5. The van der Waals surface area contributed by atoms with Gasteiger partial charge in [0.25, 0.3) is 0 Å². The second-order valence-corrected chi connectivity index (χ2v) is 10.5. The van der Waals surface area contributed by atoms with Crippen LogP contribution in [0.3, 0.4) is 0 Å². The van der Waals surface area contributed by atoms with E-state index in [1.165, 1.54) is 16.2 Å². The van der Waals surface area contributed by atoms with Gasteiger partial charge in [-0.2, -0.15) is 0 Å². The molecule has 0 aliphatic carbocycles. The Labute approximate surface area is 161 Å². The Balaban J connectivity index is 1.90. The molecule has 0 aliphatic rings. The van der Waals surface area contributed by atoms with Crippen molar-refractivity contribution in [2.24, 2.45) is 0 Å². The summed E-state index contributed by atoms with van der Waals surface area (Å²) >= 11 is 0. The summed E-state index contributed by atoms with van der Waals surface area (Å²) in [6.45, 7) is 1.96. The van der Waals surface area contributed by atoms with Crippen molar-refractivity contribution in [2.45, 2.75) is 19.2 Å². The SMILES string of the molecule is Cc1cc(C[P+](Cc2ccccc2)(c2ccccc2)c2ccccc2)no1. The van der Waals surface area contributed by atoms with Gasteiger partial charge in [0.05, 0.1) is 24.0 Å². The lowest BCUT2D eigenvalue weighted by atomic mass is 10.2. The second kappa shape index (κ2) is 7.90. The molecule has 1 heterocycles. The average Bonchev–Trinajstić information content (AvgIpc) is 3.14. The van der Waals surface area contributed by atoms with Gasteiger partial charge < -0.3 is 4.52 Å². The molecule has 0 spiro atoms. The van der Waals surface area contributed by atoms with Crippen LogP contribution in [0.5, 0.6) is 0 Å². The first kappa shape index (κ1) is 17.7. The van der Waals surface area contributed by atoms with E-state index in [4.69, 9.17) is 4.52 Å². The quantitative estimate of drug-likeness (QED) is 0.426. The van der Waals surface area contributed by atoms with Crippen molar-refractivity contribution in [3.8, 4) is 0 Å². The van der Waals surface area contributed by atoms with E-state index < -0.39 is 7.26 Å². The van der Waals surface area contributed by atoms with Crippen LogP contribution in [0.15, 0.2) is 102 Å². The predicted octanol–water partition coefficient (Wildman–Crippen LogP) is 5.35. The molecule has 0 unspecified atom stereocenters. The maximum absolute atomic E-state index is 5.40. The Morgan fingerprint density at radius 2 is 1.22 bits per heavy atom. The maximum Gasteiger partial charge on any atom is 0.134 e. The number of nitrogens with zero attached hydrogens (tertiary/aromatic N) is 1. The fourth-order valence-electron chi connectivity index (χ4n) is 3.66. The van der Waals surface area contributed by atoms with Crippen LogP contribution in [0.25, 0.3) is 0 Å². The van der Waals surface area contributed by atoms with Gasteiger partial charge in [-0.25, -0.2) is 0 Å². The molecule has 0 amide bonds. The van der Waals surface area contributed by atoms with Gasteiger partial charge in [0.1, 0.15) is 17.6 Å². The molecule has 0 saturated carbocycles. The van der Waals surface area contributed by atoms with Gasteiger partial charge in [-0.1, -0.05) is 71.9 Å². The molecule has 4 aromatic rings. The Morgan fingerprint density at radius 3 is 1.70 bits per heavy atom. The summed E-state index contributed by atoms with van der Waals surface area (Å²) in [7, 11) is -1.75. The summed E-state index contributed by atoms with van der Waals surface area (Å²) in [5, 5.41) is 7.15. The van der Waals surface area contributed by atoms with Gasteiger partial charge in [0, 0.05) is 6.07 Å². The average molecular weight is 372 g/mol. The summed E-state index contributed by atoms with van der Waals surface area (Å²) < 4.78 is 5.40. The van der Waals surface area contributed by atoms with Crippen LogP contribution in [0.2, 0.25) is 0 Å². The zero-order valence-corrected chi connectivity index (χ0v) is 16.3. The molecule has 0 bridgehead atoms. The lowest BCUT2D eigenvalue weighted by Gasteiger charge is -2.27. The van der Waals surface area contributed by atoms with Crippen LogP contribution in [0.1, 0.15) is 17.0 Å². The summed E-state index contributed by atoms with van der Waals surface area (Å²) in [4.78, 5) is 0. The molecule has 4 rings (SSSR count). The van der Waals surface area contributed by atoms with Crippen molar-refractivity contribution in [1.82, 2.24) is 5.16 Å². The first-order valence-corrected chi connectivity index (χ1v) is 11.4. The molecule has 134 valence electrons. The summed E-state index contributed by atoms with van der Waals surface area (Å²) in [6.07, 6.45) is 1.90. The zero-order chi connectivity index (χ0) is 18.5. The van der Waals surface area contributed by atoms with E-state index in [2.05, 4.69) is 102 Å². The van der Waals surface area contributed by atoms with Crippen LogP contribution < -0.4 is 10.6 Å². The van der Waals surface area contributed by atoms with Crippen LogP contribution in [0.4, 0.5) is 0 Å². The van der Waals surface area contributed by atoms with Crippen LogP contribution in [0, 0.1) is 6.92 Å². The molecule has 0 N–H and O–H groups in total. The Bertz CT molecular complexity index is 941. The topological polar surface area (TPSA) is 26.0 Å². The summed E-state index contributed by atoms with van der Waals surface area (Å²) in [5.74, 6) is 0.865. The Kier molecular flexibility index (Phi) is 5.18. The smallest absolute Gasteiger partial charge is 0.134 e. The molecular weight excluding hydrogens is 349 g/mol. The van der Waals surface area contributed by atoms with E-state index in [1.54, 1.807) is 0 Å². The molecule has 3 heteroatoms. The van der Waals surface area contributed by atoms with Crippen LogP contribution in [-0.2, 0) is 12.3 Å². The molecule has 2 nitrogen and oxygen atoms in total. The fourth-order valence-corrected chi connectivity index (χ4v) is 7.82. The van der Waals surface area contributed by atoms with E-state index in [-0.39, 0.29) is 0 Å². The van der Waals surface area contributed by atoms with Crippen LogP contribution in [-0.4, -0.2) is 5.16 Å². The lowest BCUT2D eigenvalue weighted by Crippen LogP contribution is -2.25. The number of benzene rings is 3. The lowest BCUT2D eigenvalue weighted by molar-refractivity contribution is 0.392. The van der Waals surface area contributed by atoms with E-state index >= 15 is 0 Å². The minimum Gasteiger partial charge on any atom is -0.361 e. The second-order valence-electron chi connectivity index (χ2n) is 6.87. The van der Waals surface area contributed by atoms with Gasteiger partial charge in [-0.3, -0.25) is 0 Å². The minimum atomic E-state index is -1.75. The Morgan fingerprint density at radius 1 is 0.704 bits per heavy atom. The van der Waals surface area contributed by atoms with E-state index in [0.29, 0.717) is 0 Å². The van der Waals surface area contributed by atoms with Gasteiger partial charge >= 0.3 is 0 Å². The predicted molar refractivity (Wildman–Crippen MR) is 114 cm³/mol. The standard InChI is InChI=1S/C24H23NOP/c1-20-17-22(25-26-20)19-27(23-13-7-3-8-14-23,24-15-9-4-10-16-24)18-21-11-5-2-6-12-21/h2-17H,18-19H2,1H3/q+1. The molecule has 0 fully saturated rings. The van der Waals surface area contributed by atoms with Crippen LogP contribution >= 0.6 is 7.26 Å². The molecule has 0 atom stereocenters. The number of aromatic nitrogens is 1. The third-order valence-corrected chi connectivity index (χ3v) is 9.25. The van der Waals surface area contributed by atoms with Crippen molar-refractivity contribution in [3.63, 3.8) is 0 Å². The normalized spacial score (nSPS) is 11.4. The molecule has 0 radical (unpaired) electrons. The van der Waals surface area contributed by atoms with E-state index in [9.17, 15) is 0 Å². The highest BCUT2D eigenvalue weighted by molar-refractivity contribution is 7.88. The highest BCUT2D eigenvalue weighted by Gasteiger charge is 2.43. The molecule has 0 aliphatic heterocycles. The highest BCUT2D eigenvalue weighted by Crippen LogP contribution is 2.61. The first-order valence-electron chi connectivity index (χ1n) is 9.21. The summed E-state index contributed by atoms with van der Waals surface area (Å²) in [5.41, 5.74) is 2.39. The molecule has 27 heavy (non-hydrogen) atoms. The van der Waals surface area contributed by atoms with Gasteiger partial charge in [-0.15, -0.1) is 0 Å². The van der Waals surface area contributed by atoms with Gasteiger partial charge in [0.2, 0.25) is 0 Å². The number of hydrogen-bond acceptors (Lipinski definition) is 2. The highest BCUT2D eigenvalue weighted by atomic mass is 31.2. The van der Waals surface area contributed by atoms with Crippen molar-refractivity contribution in [2.75, 3.05) is 0 Å². The molecule has 3 aromatic carbocycles. The van der Waals surface area contributed by atoms with Crippen molar-refractivity contribution in [1.29, 1.82) is 0 Å². The maximum atomic E-state index is 5.40. The summed E-state index contributed by atoms with van der Waals surface area (Å²) in [6, 6.07) is 34.7. The molecule has 0 saturated heterocycles. The van der Waals surface area contributed by atoms with Crippen molar-refractivity contribution >= 4 is 17.9 Å². The Hall–Kier alpha value is -2.70. The van der Waals surface area contributed by atoms with E-state index in [0.717, 1.165) is 23.8 Å². The number of rotatable bonds is 6. The minimum absolute atomic E-state index is 0.865. The van der Waals surface area contributed by atoms with Crippen molar-refractivity contribution < 1.29 is 4.52 Å². The molecule has 1 aromatic heterocycles.